The number of hydrogen-bond acceptors (Lipinski definition) is 4. The number of aromatic nitrogens is 2. The molecule has 0 saturated carbocycles. The molecule has 2 aromatic rings. The molecule has 2 rings (SSSR count). The highest BCUT2D eigenvalue weighted by atomic mass is 35.5. The molecule has 0 unspecified atom stereocenters. The monoisotopic (exact) mass is 426 g/mol. The van der Waals surface area contributed by atoms with Gasteiger partial charge in [-0.3, -0.25) is 9.48 Å². The van der Waals surface area contributed by atoms with E-state index in [0.29, 0.717) is 19.5 Å². The van der Waals surface area contributed by atoms with E-state index in [9.17, 15) is 13.2 Å². The third kappa shape index (κ3) is 5.12. The zero-order valence-corrected chi connectivity index (χ0v) is 18.4. The van der Waals surface area contributed by atoms with Gasteiger partial charge in [0.1, 0.15) is 0 Å². The van der Waals surface area contributed by atoms with Gasteiger partial charge in [-0.2, -0.15) is 9.40 Å². The van der Waals surface area contributed by atoms with E-state index in [1.54, 1.807) is 13.8 Å². The number of halogens is 1. The topological polar surface area (TPSA) is 84.3 Å². The Morgan fingerprint density at radius 1 is 1.29 bits per heavy atom. The third-order valence-electron chi connectivity index (χ3n) is 4.52. The molecule has 0 aliphatic heterocycles. The maximum Gasteiger partial charge on any atom is 0.252 e. The molecule has 0 radical (unpaired) electrons. The first kappa shape index (κ1) is 22.4. The predicted octanol–water partition coefficient (Wildman–Crippen LogP) is 3.00. The van der Waals surface area contributed by atoms with E-state index in [1.165, 1.54) is 29.6 Å². The summed E-state index contributed by atoms with van der Waals surface area (Å²) in [6.07, 6.45) is 0.694. The van der Waals surface area contributed by atoms with Crippen LogP contribution in [-0.4, -0.2) is 48.0 Å². The first-order chi connectivity index (χ1) is 13.0. The molecule has 0 spiro atoms. The van der Waals surface area contributed by atoms with E-state index in [-0.39, 0.29) is 21.5 Å². The van der Waals surface area contributed by atoms with Gasteiger partial charge in [-0.25, -0.2) is 8.42 Å². The van der Waals surface area contributed by atoms with Gasteiger partial charge in [0.2, 0.25) is 10.0 Å². The van der Waals surface area contributed by atoms with Gasteiger partial charge in [-0.15, -0.1) is 0 Å². The smallest absolute Gasteiger partial charge is 0.252 e. The molecule has 1 N–H and O–H groups in total. The summed E-state index contributed by atoms with van der Waals surface area (Å²) in [6.45, 7) is 8.59. The van der Waals surface area contributed by atoms with Crippen molar-refractivity contribution in [3.05, 3.63) is 46.2 Å². The lowest BCUT2D eigenvalue weighted by Gasteiger charge is -2.21. The fraction of sp³-hybridized carbons (Fsp3) is 0.474. The van der Waals surface area contributed by atoms with Crippen LogP contribution in [0.2, 0.25) is 5.02 Å². The zero-order valence-electron chi connectivity index (χ0n) is 16.9. The Labute approximate surface area is 171 Å². The van der Waals surface area contributed by atoms with Gasteiger partial charge in [0, 0.05) is 31.9 Å². The van der Waals surface area contributed by atoms with Crippen LogP contribution in [-0.2, 0) is 16.6 Å². The molecule has 1 aromatic heterocycles. The Balaban J connectivity index is 2.06. The fourth-order valence-corrected chi connectivity index (χ4v) is 4.31. The largest absolute Gasteiger partial charge is 0.352 e. The number of nitrogens with zero attached hydrogens (tertiary/aromatic N) is 3. The van der Waals surface area contributed by atoms with Crippen molar-refractivity contribution in [3.63, 3.8) is 0 Å². The molecule has 0 aliphatic rings. The summed E-state index contributed by atoms with van der Waals surface area (Å²) >= 11 is 6.13. The molecule has 0 bridgehead atoms. The van der Waals surface area contributed by atoms with Crippen LogP contribution in [0.25, 0.3) is 0 Å². The number of carbonyl (C=O) groups is 1. The number of benzene rings is 1. The molecule has 28 heavy (non-hydrogen) atoms. The maximum atomic E-state index is 12.7. The summed E-state index contributed by atoms with van der Waals surface area (Å²) in [4.78, 5) is 12.5. The summed E-state index contributed by atoms with van der Waals surface area (Å²) in [5, 5.41) is 7.38. The van der Waals surface area contributed by atoms with Crippen LogP contribution in [0.3, 0.4) is 0 Å². The van der Waals surface area contributed by atoms with Gasteiger partial charge >= 0.3 is 0 Å². The lowest BCUT2D eigenvalue weighted by molar-refractivity contribution is 0.0952. The lowest BCUT2D eigenvalue weighted by atomic mass is 10.2. The molecule has 154 valence electrons. The average Bonchev–Trinajstić information content (AvgIpc) is 2.95. The fourth-order valence-electron chi connectivity index (χ4n) is 2.71. The van der Waals surface area contributed by atoms with E-state index in [4.69, 9.17) is 11.6 Å². The molecule has 0 aliphatic carbocycles. The van der Waals surface area contributed by atoms with Crippen molar-refractivity contribution in [2.45, 2.75) is 51.6 Å². The third-order valence-corrected chi connectivity index (χ3v) is 6.88. The Morgan fingerprint density at radius 2 is 1.96 bits per heavy atom. The van der Waals surface area contributed by atoms with Crippen LogP contribution in [0, 0.1) is 13.8 Å². The Morgan fingerprint density at radius 3 is 2.54 bits per heavy atom. The highest BCUT2D eigenvalue weighted by molar-refractivity contribution is 7.89. The summed E-state index contributed by atoms with van der Waals surface area (Å²) in [6, 6.07) is 5.97. The minimum Gasteiger partial charge on any atom is -0.352 e. The lowest BCUT2D eigenvalue weighted by Crippen LogP contribution is -2.33. The Bertz CT molecular complexity index is 954. The number of sulfonamides is 1. The van der Waals surface area contributed by atoms with E-state index in [2.05, 4.69) is 10.4 Å². The second-order valence-electron chi connectivity index (χ2n) is 7.02. The van der Waals surface area contributed by atoms with Gasteiger partial charge in [-0.05, 0) is 58.4 Å². The van der Waals surface area contributed by atoms with Crippen molar-refractivity contribution in [2.75, 3.05) is 13.6 Å². The van der Waals surface area contributed by atoms with E-state index >= 15 is 0 Å². The zero-order chi connectivity index (χ0) is 21.1. The van der Waals surface area contributed by atoms with Gasteiger partial charge in [0.05, 0.1) is 21.2 Å². The van der Waals surface area contributed by atoms with E-state index < -0.39 is 15.9 Å². The molecular weight excluding hydrogens is 400 g/mol. The molecule has 0 fully saturated rings. The number of hydrogen-bond donors (Lipinski definition) is 1. The van der Waals surface area contributed by atoms with Crippen molar-refractivity contribution in [1.82, 2.24) is 19.4 Å². The van der Waals surface area contributed by atoms with Crippen molar-refractivity contribution in [3.8, 4) is 0 Å². The van der Waals surface area contributed by atoms with Crippen LogP contribution in [0.4, 0.5) is 0 Å². The van der Waals surface area contributed by atoms with Gasteiger partial charge in [-0.1, -0.05) is 11.6 Å². The summed E-state index contributed by atoms with van der Waals surface area (Å²) in [7, 11) is -2.18. The van der Waals surface area contributed by atoms with Crippen molar-refractivity contribution in [1.29, 1.82) is 0 Å². The predicted molar refractivity (Wildman–Crippen MR) is 110 cm³/mol. The van der Waals surface area contributed by atoms with E-state index in [1.807, 2.05) is 24.6 Å². The molecule has 1 amide bonds. The molecule has 9 heteroatoms. The van der Waals surface area contributed by atoms with Crippen LogP contribution >= 0.6 is 11.6 Å². The summed E-state index contributed by atoms with van der Waals surface area (Å²) < 4.78 is 28.5. The minimum absolute atomic E-state index is 0.0425. The van der Waals surface area contributed by atoms with Crippen molar-refractivity contribution in [2.24, 2.45) is 0 Å². The van der Waals surface area contributed by atoms with Crippen molar-refractivity contribution < 1.29 is 13.2 Å². The maximum absolute atomic E-state index is 12.7. The Hall–Kier alpha value is -1.90. The molecule has 1 heterocycles. The number of nitrogens with one attached hydrogen (secondary N) is 1. The van der Waals surface area contributed by atoms with Gasteiger partial charge < -0.3 is 5.32 Å². The number of amides is 1. The van der Waals surface area contributed by atoms with Crippen molar-refractivity contribution >= 4 is 27.5 Å². The summed E-state index contributed by atoms with van der Waals surface area (Å²) in [5.74, 6) is -0.400. The standard InChI is InChI=1S/C19H27ClN4O3S/c1-13(2)23(5)28(26,27)16-7-8-18(20)17(12-16)19(25)21-9-6-10-24-15(4)11-14(3)22-24/h7-8,11-13H,6,9-10H2,1-5H3,(H,21,25). The van der Waals surface area contributed by atoms with Crippen LogP contribution in [0.15, 0.2) is 29.2 Å². The van der Waals surface area contributed by atoms with Crippen LogP contribution in [0.5, 0.6) is 0 Å². The Kier molecular flexibility index (Phi) is 7.25. The molecule has 1 aromatic carbocycles. The average molecular weight is 427 g/mol. The molecule has 7 nitrogen and oxygen atoms in total. The SMILES string of the molecule is Cc1cc(C)n(CCCNC(=O)c2cc(S(=O)(=O)N(C)C(C)C)ccc2Cl)n1. The summed E-state index contributed by atoms with van der Waals surface area (Å²) in [5.41, 5.74) is 2.17. The normalized spacial score (nSPS) is 12.0. The first-order valence-corrected chi connectivity index (χ1v) is 10.9. The van der Waals surface area contributed by atoms with E-state index in [0.717, 1.165) is 11.4 Å². The van der Waals surface area contributed by atoms with Gasteiger partial charge in [0.25, 0.3) is 5.91 Å². The molecular formula is C19H27ClN4O3S. The van der Waals surface area contributed by atoms with Gasteiger partial charge in [0.15, 0.2) is 0 Å². The minimum atomic E-state index is -3.69. The van der Waals surface area contributed by atoms with Crippen LogP contribution in [0.1, 0.15) is 42.0 Å². The molecule has 0 saturated heterocycles. The first-order valence-electron chi connectivity index (χ1n) is 9.11. The highest BCUT2D eigenvalue weighted by Crippen LogP contribution is 2.23. The number of aryl methyl sites for hydroxylation is 3. The van der Waals surface area contributed by atoms with Crippen LogP contribution < -0.4 is 5.32 Å². The second kappa shape index (κ2) is 9.07. The molecule has 0 atom stereocenters. The number of carbonyl (C=O) groups excluding carboxylic acids is 1. The highest BCUT2D eigenvalue weighted by Gasteiger charge is 2.25. The quantitative estimate of drug-likeness (QED) is 0.657. The second-order valence-corrected chi connectivity index (χ2v) is 9.42. The number of rotatable bonds is 8.